The maximum absolute atomic E-state index is 13.7. The van der Waals surface area contributed by atoms with Crippen LogP contribution in [0.15, 0.2) is 36.5 Å². The van der Waals surface area contributed by atoms with Gasteiger partial charge in [0.05, 0.1) is 19.3 Å². The Labute approximate surface area is 141 Å². The number of anilines is 1. The van der Waals surface area contributed by atoms with Crippen molar-refractivity contribution in [3.05, 3.63) is 47.9 Å². The molecule has 1 aromatic carbocycles. The van der Waals surface area contributed by atoms with Gasteiger partial charge in [-0.3, -0.25) is 4.79 Å². The van der Waals surface area contributed by atoms with Crippen molar-refractivity contribution in [3.63, 3.8) is 0 Å². The number of carbonyl (C=O) groups is 1. The smallest absolute Gasteiger partial charge is 0.280 e. The van der Waals surface area contributed by atoms with Crippen LogP contribution in [0.5, 0.6) is 0 Å². The lowest BCUT2D eigenvalue weighted by Crippen LogP contribution is -3.08. The SMILES string of the molecule is C[NH+](CC(=O)Nc1ccnn1C1CCCC1)Cc1ccccc1F. The van der Waals surface area contributed by atoms with Crippen molar-refractivity contribution in [2.45, 2.75) is 38.3 Å². The van der Waals surface area contributed by atoms with Crippen LogP contribution in [0.4, 0.5) is 10.2 Å². The number of hydrogen-bond acceptors (Lipinski definition) is 2. The van der Waals surface area contributed by atoms with Crippen molar-refractivity contribution >= 4 is 11.7 Å². The van der Waals surface area contributed by atoms with Crippen molar-refractivity contribution in [1.29, 1.82) is 0 Å². The molecule has 5 nitrogen and oxygen atoms in total. The van der Waals surface area contributed by atoms with E-state index in [9.17, 15) is 9.18 Å². The zero-order chi connectivity index (χ0) is 16.9. The first kappa shape index (κ1) is 16.6. The molecule has 24 heavy (non-hydrogen) atoms. The molecule has 0 saturated heterocycles. The minimum atomic E-state index is -0.225. The van der Waals surface area contributed by atoms with Gasteiger partial charge in [0.1, 0.15) is 18.2 Å². The molecule has 1 aromatic heterocycles. The summed E-state index contributed by atoms with van der Waals surface area (Å²) < 4.78 is 15.6. The summed E-state index contributed by atoms with van der Waals surface area (Å²) in [4.78, 5) is 13.2. The molecule has 2 N–H and O–H groups in total. The summed E-state index contributed by atoms with van der Waals surface area (Å²) in [5, 5.41) is 7.30. The molecule has 1 aliphatic carbocycles. The molecule has 0 bridgehead atoms. The standard InChI is InChI=1S/C18H23FN4O/c1-22(12-14-6-2-5-9-16(14)19)13-18(24)21-17-10-11-20-23(17)15-7-3-4-8-15/h2,5-6,9-11,15H,3-4,7-8,12-13H2,1H3,(H,21,24)/p+1. The van der Waals surface area contributed by atoms with E-state index in [0.717, 1.165) is 23.6 Å². The highest BCUT2D eigenvalue weighted by atomic mass is 19.1. The second kappa shape index (κ2) is 7.57. The van der Waals surface area contributed by atoms with Crippen LogP contribution in [-0.4, -0.2) is 29.3 Å². The van der Waals surface area contributed by atoms with Crippen LogP contribution in [0.2, 0.25) is 0 Å². The lowest BCUT2D eigenvalue weighted by Gasteiger charge is -2.17. The van der Waals surface area contributed by atoms with Crippen LogP contribution < -0.4 is 10.2 Å². The van der Waals surface area contributed by atoms with Crippen LogP contribution in [0.25, 0.3) is 0 Å². The van der Waals surface area contributed by atoms with Gasteiger partial charge in [0, 0.05) is 11.6 Å². The summed E-state index contributed by atoms with van der Waals surface area (Å²) in [6.45, 7) is 0.756. The van der Waals surface area contributed by atoms with Crippen LogP contribution in [0, 0.1) is 5.82 Å². The van der Waals surface area contributed by atoms with Gasteiger partial charge in [-0.05, 0) is 18.9 Å². The Morgan fingerprint density at radius 3 is 2.83 bits per heavy atom. The van der Waals surface area contributed by atoms with Gasteiger partial charge in [-0.15, -0.1) is 0 Å². The van der Waals surface area contributed by atoms with E-state index in [1.54, 1.807) is 18.3 Å². The van der Waals surface area contributed by atoms with Gasteiger partial charge in [-0.25, -0.2) is 9.07 Å². The Morgan fingerprint density at radius 2 is 2.08 bits per heavy atom. The number of quaternary nitrogens is 1. The molecule has 1 aliphatic rings. The molecule has 1 heterocycles. The molecule has 0 radical (unpaired) electrons. The van der Waals surface area contributed by atoms with Crippen molar-refractivity contribution in [2.75, 3.05) is 18.9 Å². The predicted octanol–water partition coefficient (Wildman–Crippen LogP) is 1.79. The average molecular weight is 331 g/mol. The topological polar surface area (TPSA) is 51.4 Å². The van der Waals surface area contributed by atoms with Crippen LogP contribution in [-0.2, 0) is 11.3 Å². The first-order valence-corrected chi connectivity index (χ1v) is 8.51. The summed E-state index contributed by atoms with van der Waals surface area (Å²) in [5.74, 6) is 0.450. The van der Waals surface area contributed by atoms with E-state index >= 15 is 0 Å². The van der Waals surface area contributed by atoms with E-state index in [4.69, 9.17) is 0 Å². The third kappa shape index (κ3) is 4.00. The van der Waals surface area contributed by atoms with E-state index in [2.05, 4.69) is 10.4 Å². The number of nitrogens with one attached hydrogen (secondary N) is 2. The fraction of sp³-hybridized carbons (Fsp3) is 0.444. The summed E-state index contributed by atoms with van der Waals surface area (Å²) in [5.41, 5.74) is 0.624. The first-order chi connectivity index (χ1) is 11.6. The van der Waals surface area contributed by atoms with Gasteiger partial charge in [-0.2, -0.15) is 5.10 Å². The number of nitrogens with zero attached hydrogens (tertiary/aromatic N) is 2. The van der Waals surface area contributed by atoms with Gasteiger partial charge in [0.15, 0.2) is 6.54 Å². The lowest BCUT2D eigenvalue weighted by atomic mass is 10.2. The molecule has 0 aliphatic heterocycles. The molecule has 2 aromatic rings. The molecule has 1 unspecified atom stereocenters. The molecular formula is C18H24FN4O+. The summed E-state index contributed by atoms with van der Waals surface area (Å²) in [6.07, 6.45) is 6.39. The number of likely N-dealkylation sites (N-methyl/N-ethyl adjacent to an activating group) is 1. The maximum Gasteiger partial charge on any atom is 0.280 e. The number of hydrogen-bond donors (Lipinski definition) is 2. The van der Waals surface area contributed by atoms with Gasteiger partial charge < -0.3 is 10.2 Å². The van der Waals surface area contributed by atoms with Gasteiger partial charge in [-0.1, -0.05) is 31.0 Å². The normalized spacial score (nSPS) is 16.2. The van der Waals surface area contributed by atoms with Crippen molar-refractivity contribution in [1.82, 2.24) is 9.78 Å². The highest BCUT2D eigenvalue weighted by molar-refractivity contribution is 5.90. The lowest BCUT2D eigenvalue weighted by molar-refractivity contribution is -0.885. The van der Waals surface area contributed by atoms with Crippen LogP contribution in [0.1, 0.15) is 37.3 Å². The number of benzene rings is 1. The van der Waals surface area contributed by atoms with E-state index < -0.39 is 0 Å². The van der Waals surface area contributed by atoms with Crippen LogP contribution >= 0.6 is 0 Å². The Hall–Kier alpha value is -2.21. The molecule has 128 valence electrons. The van der Waals surface area contributed by atoms with Crippen molar-refractivity contribution < 1.29 is 14.1 Å². The summed E-state index contributed by atoms with van der Waals surface area (Å²) in [6, 6.07) is 8.91. The molecule has 1 amide bonds. The second-order valence-corrected chi connectivity index (χ2v) is 6.55. The minimum absolute atomic E-state index is 0.0800. The van der Waals surface area contributed by atoms with Gasteiger partial charge in [0.25, 0.3) is 5.91 Å². The highest BCUT2D eigenvalue weighted by Gasteiger charge is 2.21. The number of carbonyl (C=O) groups excluding carboxylic acids is 1. The third-order valence-corrected chi connectivity index (χ3v) is 4.52. The number of aromatic nitrogens is 2. The predicted molar refractivity (Wildman–Crippen MR) is 90.2 cm³/mol. The molecule has 1 atom stereocenters. The van der Waals surface area contributed by atoms with E-state index in [-0.39, 0.29) is 18.3 Å². The average Bonchev–Trinajstić information content (AvgIpc) is 3.20. The Morgan fingerprint density at radius 1 is 1.33 bits per heavy atom. The summed E-state index contributed by atoms with van der Waals surface area (Å²) >= 11 is 0. The second-order valence-electron chi connectivity index (χ2n) is 6.55. The van der Waals surface area contributed by atoms with Gasteiger partial charge >= 0.3 is 0 Å². The molecular weight excluding hydrogens is 307 g/mol. The van der Waals surface area contributed by atoms with Crippen molar-refractivity contribution in [3.8, 4) is 0 Å². The van der Waals surface area contributed by atoms with E-state index in [0.29, 0.717) is 18.2 Å². The van der Waals surface area contributed by atoms with E-state index in [1.165, 1.54) is 18.9 Å². The molecule has 1 saturated carbocycles. The number of halogens is 1. The maximum atomic E-state index is 13.7. The number of amides is 1. The third-order valence-electron chi connectivity index (χ3n) is 4.52. The van der Waals surface area contributed by atoms with Crippen molar-refractivity contribution in [2.24, 2.45) is 0 Å². The fourth-order valence-electron chi connectivity index (χ4n) is 3.34. The zero-order valence-corrected chi connectivity index (χ0v) is 14.0. The summed E-state index contributed by atoms with van der Waals surface area (Å²) in [7, 11) is 1.89. The first-order valence-electron chi connectivity index (χ1n) is 8.51. The highest BCUT2D eigenvalue weighted by Crippen LogP contribution is 2.31. The number of rotatable bonds is 6. The van der Waals surface area contributed by atoms with E-state index in [1.807, 2.05) is 23.9 Å². The quantitative estimate of drug-likeness (QED) is 0.848. The molecule has 1 fully saturated rings. The minimum Gasteiger partial charge on any atom is -0.326 e. The fourth-order valence-corrected chi connectivity index (χ4v) is 3.34. The van der Waals surface area contributed by atoms with Gasteiger partial charge in [0.2, 0.25) is 0 Å². The Kier molecular flexibility index (Phi) is 5.25. The molecule has 3 rings (SSSR count). The monoisotopic (exact) mass is 331 g/mol. The zero-order valence-electron chi connectivity index (χ0n) is 14.0. The Bertz CT molecular complexity index is 694. The Balaban J connectivity index is 1.56. The van der Waals surface area contributed by atoms with Crippen LogP contribution in [0.3, 0.4) is 0 Å². The largest absolute Gasteiger partial charge is 0.326 e. The molecule has 6 heteroatoms. The molecule has 0 spiro atoms.